The minimum Gasteiger partial charge on any atom is -0.473 e. The minimum atomic E-state index is -1.05. The lowest BCUT2D eigenvalue weighted by molar-refractivity contribution is 0.310. The molecule has 126 valence electrons. The van der Waals surface area contributed by atoms with Gasteiger partial charge in [0.05, 0.1) is 0 Å². The highest BCUT2D eigenvalue weighted by Gasteiger charge is 2.15. The van der Waals surface area contributed by atoms with Gasteiger partial charge in [0.1, 0.15) is 18.9 Å². The van der Waals surface area contributed by atoms with Gasteiger partial charge in [0.2, 0.25) is 8.77 Å². The number of hydrogen-bond donors (Lipinski definition) is 0. The molecule has 2 nitrogen and oxygen atoms in total. The van der Waals surface area contributed by atoms with E-state index in [9.17, 15) is 0 Å². The van der Waals surface area contributed by atoms with Crippen LogP contribution in [-0.4, -0.2) is 8.77 Å². The van der Waals surface area contributed by atoms with Crippen LogP contribution in [0.3, 0.4) is 0 Å². The molecule has 0 N–H and O–H groups in total. The van der Waals surface area contributed by atoms with Crippen LogP contribution in [0.1, 0.15) is 11.1 Å². The van der Waals surface area contributed by atoms with Crippen molar-refractivity contribution in [2.45, 2.75) is 13.2 Å². The molecule has 24 heavy (non-hydrogen) atoms. The first kappa shape index (κ1) is 20.0. The molecule has 2 aromatic rings. The smallest absolute Gasteiger partial charge is 0.226 e. The Hall–Kier alpha value is -0.360. The van der Waals surface area contributed by atoms with Crippen LogP contribution >= 0.6 is 64.1 Å². The summed E-state index contributed by atoms with van der Waals surface area (Å²) < 4.78 is 11.9. The van der Waals surface area contributed by atoms with E-state index in [1.165, 1.54) is 22.8 Å². The summed E-state index contributed by atoms with van der Waals surface area (Å²) in [6.45, 7) is 0.874. The van der Waals surface area contributed by atoms with Crippen LogP contribution in [-0.2, 0) is 22.7 Å². The third-order valence-electron chi connectivity index (χ3n) is 2.69. The molecule has 0 aliphatic heterocycles. The van der Waals surface area contributed by atoms with Crippen LogP contribution in [0.4, 0.5) is 0 Å². The largest absolute Gasteiger partial charge is 0.473 e. The summed E-state index contributed by atoms with van der Waals surface area (Å²) in [5.41, 5.74) is 1.08. The number of thiocarbonyl (C=S) groups is 2. The molecule has 2 rings (SSSR count). The highest BCUT2D eigenvalue weighted by atomic mass is 35.7. The molecule has 0 atom stereocenters. The molecule has 0 saturated carbocycles. The summed E-state index contributed by atoms with van der Waals surface area (Å²) in [6.07, 6.45) is 0. The van der Waals surface area contributed by atoms with Gasteiger partial charge in [-0.25, -0.2) is 0 Å². The molecule has 0 spiro atoms. The normalized spacial score (nSPS) is 10.4. The highest BCUT2D eigenvalue weighted by molar-refractivity contribution is 9.01. The molecule has 0 radical (unpaired) electrons. The molecule has 0 aliphatic rings. The van der Waals surface area contributed by atoms with Crippen LogP contribution < -0.4 is 0 Å². The Kier molecular flexibility index (Phi) is 9.39. The topological polar surface area (TPSA) is 18.5 Å². The van der Waals surface area contributed by atoms with E-state index in [1.807, 2.05) is 60.7 Å². The van der Waals surface area contributed by atoms with Crippen molar-refractivity contribution in [2.75, 3.05) is 0 Å². The van der Waals surface area contributed by atoms with E-state index in [0.29, 0.717) is 22.0 Å². The summed E-state index contributed by atoms with van der Waals surface area (Å²) >= 11 is 19.3. The van der Waals surface area contributed by atoms with Crippen molar-refractivity contribution in [3.63, 3.8) is 0 Å². The molecule has 0 fully saturated rings. The zero-order valence-electron chi connectivity index (χ0n) is 12.5. The van der Waals surface area contributed by atoms with Gasteiger partial charge in [-0.15, -0.1) is 0 Å². The second kappa shape index (κ2) is 11.3. The molecule has 0 amide bonds. The third kappa shape index (κ3) is 8.15. The average molecular weight is 433 g/mol. The van der Waals surface area contributed by atoms with E-state index in [4.69, 9.17) is 45.2 Å². The van der Waals surface area contributed by atoms with Crippen LogP contribution in [0.5, 0.6) is 0 Å². The lowest BCUT2D eigenvalue weighted by Crippen LogP contribution is -1.97. The van der Waals surface area contributed by atoms with Gasteiger partial charge in [0.25, 0.3) is 0 Å². The molecule has 0 unspecified atom stereocenters. The standard InChI is InChI=1S/C16H14ClO2PS4/c17-20(23-15(21)18-11-13-7-3-1-4-8-13)24-16(22)19-12-14-9-5-2-6-10-14/h1-10H,11-12H2. The number of hydrogen-bond acceptors (Lipinski definition) is 6. The van der Waals surface area contributed by atoms with Crippen LogP contribution in [0.15, 0.2) is 60.7 Å². The van der Waals surface area contributed by atoms with Gasteiger partial charge < -0.3 is 9.47 Å². The average Bonchev–Trinajstić information content (AvgIpc) is 2.60. The molecule has 8 heteroatoms. The van der Waals surface area contributed by atoms with Gasteiger partial charge in [0, 0.05) is 0 Å². The van der Waals surface area contributed by atoms with E-state index in [0.717, 1.165) is 11.1 Å². The van der Waals surface area contributed by atoms with Gasteiger partial charge >= 0.3 is 0 Å². The van der Waals surface area contributed by atoms with Gasteiger partial charge in [-0.1, -0.05) is 71.9 Å². The predicted molar refractivity (Wildman–Crippen MR) is 116 cm³/mol. The van der Waals surface area contributed by atoms with Crippen molar-refractivity contribution in [3.05, 3.63) is 71.8 Å². The van der Waals surface area contributed by atoms with Crippen molar-refractivity contribution in [3.8, 4) is 0 Å². The third-order valence-corrected chi connectivity index (χ3v) is 9.43. The molecule has 0 heterocycles. The summed E-state index contributed by atoms with van der Waals surface area (Å²) in [5.74, 6) is 0. The number of benzene rings is 2. The van der Waals surface area contributed by atoms with Gasteiger partial charge in [-0.05, 0) is 58.3 Å². The molecule has 0 saturated heterocycles. The Labute approximate surface area is 166 Å². The SMILES string of the molecule is S=C(OCc1ccccc1)SP(Cl)SC(=S)OCc1ccccc1. The Morgan fingerprint density at radius 2 is 1.17 bits per heavy atom. The van der Waals surface area contributed by atoms with Crippen LogP contribution in [0, 0.1) is 0 Å². The maximum atomic E-state index is 6.29. The first-order chi connectivity index (χ1) is 11.6. The second-order valence-corrected chi connectivity index (χ2v) is 13.4. The maximum Gasteiger partial charge on any atom is 0.226 e. The van der Waals surface area contributed by atoms with Crippen LogP contribution in [0.2, 0.25) is 0 Å². The highest BCUT2D eigenvalue weighted by Crippen LogP contribution is 2.66. The first-order valence-corrected chi connectivity index (χ1v) is 12.8. The number of halogens is 1. The van der Waals surface area contributed by atoms with Crippen LogP contribution in [0.25, 0.3) is 0 Å². The fraction of sp³-hybridized carbons (Fsp3) is 0.125. The van der Waals surface area contributed by atoms with E-state index in [-0.39, 0.29) is 0 Å². The fourth-order valence-corrected chi connectivity index (χ4v) is 8.98. The lowest BCUT2D eigenvalue weighted by atomic mass is 10.2. The molecular weight excluding hydrogens is 419 g/mol. The van der Waals surface area contributed by atoms with Crippen molar-refractivity contribution in [2.24, 2.45) is 0 Å². The molecule has 0 aliphatic carbocycles. The summed E-state index contributed by atoms with van der Waals surface area (Å²) in [7, 11) is 0. The summed E-state index contributed by atoms with van der Waals surface area (Å²) in [4.78, 5) is 0. The van der Waals surface area contributed by atoms with Crippen molar-refractivity contribution in [1.29, 1.82) is 0 Å². The Bertz CT molecular complexity index is 600. The zero-order valence-corrected chi connectivity index (χ0v) is 17.4. The van der Waals surface area contributed by atoms with Crippen molar-refractivity contribution >= 4 is 72.9 Å². The van der Waals surface area contributed by atoms with E-state index < -0.39 is 5.68 Å². The minimum absolute atomic E-state index is 0.415. The first-order valence-electron chi connectivity index (χ1n) is 6.86. The quantitative estimate of drug-likeness (QED) is 0.361. The second-order valence-electron chi connectivity index (χ2n) is 4.44. The molecule has 0 bridgehead atoms. The van der Waals surface area contributed by atoms with Crippen molar-refractivity contribution in [1.82, 2.24) is 0 Å². The Morgan fingerprint density at radius 3 is 1.54 bits per heavy atom. The van der Waals surface area contributed by atoms with Gasteiger partial charge in [-0.3, -0.25) is 0 Å². The zero-order chi connectivity index (χ0) is 17.2. The lowest BCUT2D eigenvalue weighted by Gasteiger charge is -2.11. The number of rotatable bonds is 6. The number of ether oxygens (including phenoxy) is 2. The van der Waals surface area contributed by atoms with Crippen molar-refractivity contribution < 1.29 is 9.47 Å². The molecular formula is C16H14ClO2PS4. The monoisotopic (exact) mass is 432 g/mol. The summed E-state index contributed by atoms with van der Waals surface area (Å²) in [5, 5.41) is 0. The van der Waals surface area contributed by atoms with Gasteiger partial charge in [0.15, 0.2) is 0 Å². The Balaban J connectivity index is 1.65. The predicted octanol–water partition coefficient (Wildman–Crippen LogP) is 6.92. The Morgan fingerprint density at radius 1 is 0.792 bits per heavy atom. The van der Waals surface area contributed by atoms with E-state index in [2.05, 4.69) is 0 Å². The fourth-order valence-electron chi connectivity index (χ4n) is 1.62. The molecule has 2 aromatic carbocycles. The maximum absolute atomic E-state index is 6.29. The van der Waals surface area contributed by atoms with E-state index >= 15 is 0 Å². The summed E-state index contributed by atoms with van der Waals surface area (Å²) in [6, 6.07) is 19.7. The van der Waals surface area contributed by atoms with E-state index in [1.54, 1.807) is 0 Å². The molecule has 0 aromatic heterocycles. The van der Waals surface area contributed by atoms with Gasteiger partial charge in [-0.2, -0.15) is 0 Å².